The van der Waals surface area contributed by atoms with Crippen LogP contribution in [0.2, 0.25) is 0 Å². The predicted molar refractivity (Wildman–Crippen MR) is 73.8 cm³/mol. The first kappa shape index (κ1) is 14.7. The van der Waals surface area contributed by atoms with Gasteiger partial charge in [-0.25, -0.2) is 0 Å². The van der Waals surface area contributed by atoms with Crippen molar-refractivity contribution in [3.8, 4) is 0 Å². The minimum atomic E-state index is -0.116. The Labute approximate surface area is 112 Å². The van der Waals surface area contributed by atoms with Gasteiger partial charge < -0.3 is 10.6 Å². The minimum Gasteiger partial charge on any atom is -0.356 e. The maximum absolute atomic E-state index is 11.6. The lowest BCUT2D eigenvalue weighted by atomic mass is 10.2. The number of rotatable bonds is 8. The molecule has 2 N–H and O–H groups in total. The van der Waals surface area contributed by atoms with E-state index in [1.165, 1.54) is 11.3 Å². The maximum Gasteiger partial charge on any atom is 0.252 e. The Kier molecular flexibility index (Phi) is 7.10. The van der Waals surface area contributed by atoms with Crippen molar-refractivity contribution >= 4 is 23.2 Å². The van der Waals surface area contributed by atoms with Crippen LogP contribution in [0.1, 0.15) is 43.0 Å². The Morgan fingerprint density at radius 3 is 2.72 bits per heavy atom. The van der Waals surface area contributed by atoms with E-state index < -0.39 is 0 Å². The highest BCUT2D eigenvalue weighted by Crippen LogP contribution is 2.04. The Bertz CT molecular complexity index is 363. The Morgan fingerprint density at radius 2 is 2.06 bits per heavy atom. The molecule has 100 valence electrons. The van der Waals surface area contributed by atoms with Gasteiger partial charge in [-0.15, -0.1) is 0 Å². The van der Waals surface area contributed by atoms with E-state index in [-0.39, 0.29) is 11.8 Å². The molecule has 0 aliphatic rings. The van der Waals surface area contributed by atoms with Gasteiger partial charge in [0.2, 0.25) is 5.91 Å². The van der Waals surface area contributed by atoms with Gasteiger partial charge in [-0.05, 0) is 17.9 Å². The van der Waals surface area contributed by atoms with Crippen molar-refractivity contribution < 1.29 is 9.59 Å². The maximum atomic E-state index is 11.6. The zero-order valence-corrected chi connectivity index (χ0v) is 11.5. The number of nitrogens with one attached hydrogen (secondary N) is 2. The minimum absolute atomic E-state index is 0.00304. The number of hydrogen-bond donors (Lipinski definition) is 2. The summed E-state index contributed by atoms with van der Waals surface area (Å²) in [4.78, 5) is 23.0. The van der Waals surface area contributed by atoms with Gasteiger partial charge in [0.1, 0.15) is 0 Å². The van der Waals surface area contributed by atoms with Crippen LogP contribution in [0.4, 0.5) is 0 Å². The third-order valence-electron chi connectivity index (χ3n) is 2.52. The molecule has 0 bridgehead atoms. The van der Waals surface area contributed by atoms with Crippen molar-refractivity contribution in [1.82, 2.24) is 10.6 Å². The van der Waals surface area contributed by atoms with Gasteiger partial charge >= 0.3 is 0 Å². The molecule has 0 saturated carbocycles. The predicted octanol–water partition coefficient (Wildman–Crippen LogP) is 2.17. The molecule has 0 unspecified atom stereocenters. The molecule has 0 radical (unpaired) electrons. The molecular weight excluding hydrogens is 248 g/mol. The highest BCUT2D eigenvalue weighted by atomic mass is 32.1. The first-order chi connectivity index (χ1) is 8.74. The lowest BCUT2D eigenvalue weighted by Crippen LogP contribution is -2.31. The molecule has 2 amide bonds. The summed E-state index contributed by atoms with van der Waals surface area (Å²) in [6.07, 6.45) is 3.63. The van der Waals surface area contributed by atoms with E-state index in [1.54, 1.807) is 11.4 Å². The van der Waals surface area contributed by atoms with Gasteiger partial charge in [0.25, 0.3) is 5.91 Å². The van der Waals surface area contributed by atoms with Crippen molar-refractivity contribution in [2.75, 3.05) is 13.1 Å². The number of hydrogen-bond acceptors (Lipinski definition) is 3. The summed E-state index contributed by atoms with van der Waals surface area (Å²) in [6, 6.07) is 1.77. The lowest BCUT2D eigenvalue weighted by molar-refractivity contribution is -0.120. The van der Waals surface area contributed by atoms with Crippen LogP contribution in [0.25, 0.3) is 0 Å². The van der Waals surface area contributed by atoms with Crippen molar-refractivity contribution in [3.63, 3.8) is 0 Å². The number of unbranched alkanes of at least 4 members (excludes halogenated alkanes) is 2. The standard InChI is InChI=1S/C13H20N2O2S/c1-2-3-4-7-14-12(16)5-8-15-13(17)11-6-9-18-10-11/h6,9-10H,2-5,7-8H2,1H3,(H,14,16)(H,15,17). The zero-order chi connectivity index (χ0) is 13.2. The largest absolute Gasteiger partial charge is 0.356 e. The molecule has 4 nitrogen and oxygen atoms in total. The Balaban J connectivity index is 2.07. The average Bonchev–Trinajstić information content (AvgIpc) is 2.88. The first-order valence-corrected chi connectivity index (χ1v) is 7.25. The fourth-order valence-electron chi connectivity index (χ4n) is 1.48. The average molecular weight is 268 g/mol. The zero-order valence-electron chi connectivity index (χ0n) is 10.7. The van der Waals surface area contributed by atoms with Crippen molar-refractivity contribution in [2.24, 2.45) is 0 Å². The molecular formula is C13H20N2O2S. The topological polar surface area (TPSA) is 58.2 Å². The molecule has 0 atom stereocenters. The number of carbonyl (C=O) groups is 2. The Hall–Kier alpha value is -1.36. The van der Waals surface area contributed by atoms with Gasteiger partial charge in [-0.1, -0.05) is 19.8 Å². The van der Waals surface area contributed by atoms with E-state index in [1.807, 2.05) is 5.38 Å². The van der Waals surface area contributed by atoms with Crippen LogP contribution >= 0.6 is 11.3 Å². The second-order valence-electron chi connectivity index (χ2n) is 4.07. The van der Waals surface area contributed by atoms with E-state index in [2.05, 4.69) is 17.6 Å². The molecule has 0 aromatic carbocycles. The van der Waals surface area contributed by atoms with Crippen LogP contribution < -0.4 is 10.6 Å². The van der Waals surface area contributed by atoms with Gasteiger partial charge in [0, 0.05) is 30.5 Å². The smallest absolute Gasteiger partial charge is 0.252 e. The second kappa shape index (κ2) is 8.69. The molecule has 1 aromatic heterocycles. The molecule has 0 aliphatic heterocycles. The number of amides is 2. The molecule has 5 heteroatoms. The summed E-state index contributed by atoms with van der Waals surface area (Å²) < 4.78 is 0. The third kappa shape index (κ3) is 5.82. The molecule has 1 aromatic rings. The summed E-state index contributed by atoms with van der Waals surface area (Å²) >= 11 is 1.48. The molecule has 0 aliphatic carbocycles. The molecule has 0 spiro atoms. The summed E-state index contributed by atoms with van der Waals surface area (Å²) in [6.45, 7) is 3.24. The summed E-state index contributed by atoms with van der Waals surface area (Å²) in [5.41, 5.74) is 0.656. The molecule has 1 heterocycles. The monoisotopic (exact) mass is 268 g/mol. The van der Waals surface area contributed by atoms with E-state index in [9.17, 15) is 9.59 Å². The van der Waals surface area contributed by atoms with Crippen LogP contribution in [0.5, 0.6) is 0 Å². The van der Waals surface area contributed by atoms with Gasteiger partial charge in [-0.2, -0.15) is 11.3 Å². The molecule has 0 saturated heterocycles. The highest BCUT2D eigenvalue weighted by molar-refractivity contribution is 7.08. The van der Waals surface area contributed by atoms with E-state index >= 15 is 0 Å². The SMILES string of the molecule is CCCCCNC(=O)CCNC(=O)c1ccsc1. The van der Waals surface area contributed by atoms with E-state index in [4.69, 9.17) is 0 Å². The fourth-order valence-corrected chi connectivity index (χ4v) is 2.11. The van der Waals surface area contributed by atoms with Crippen LogP contribution in [-0.2, 0) is 4.79 Å². The van der Waals surface area contributed by atoms with Crippen molar-refractivity contribution in [1.29, 1.82) is 0 Å². The van der Waals surface area contributed by atoms with Crippen molar-refractivity contribution in [3.05, 3.63) is 22.4 Å². The summed E-state index contributed by atoms with van der Waals surface area (Å²) in [7, 11) is 0. The van der Waals surface area contributed by atoms with Gasteiger partial charge in [0.15, 0.2) is 0 Å². The molecule has 18 heavy (non-hydrogen) atoms. The lowest BCUT2D eigenvalue weighted by Gasteiger charge is -2.05. The van der Waals surface area contributed by atoms with Crippen LogP contribution in [0.3, 0.4) is 0 Å². The number of carbonyl (C=O) groups excluding carboxylic acids is 2. The van der Waals surface area contributed by atoms with Crippen molar-refractivity contribution in [2.45, 2.75) is 32.6 Å². The normalized spacial score (nSPS) is 10.1. The third-order valence-corrected chi connectivity index (χ3v) is 3.21. The quantitative estimate of drug-likeness (QED) is 0.710. The Morgan fingerprint density at radius 1 is 1.22 bits per heavy atom. The van der Waals surface area contributed by atoms with Gasteiger partial charge in [-0.3, -0.25) is 9.59 Å². The molecule has 0 fully saturated rings. The van der Waals surface area contributed by atoms with Gasteiger partial charge in [0.05, 0.1) is 0 Å². The summed E-state index contributed by atoms with van der Waals surface area (Å²) in [5, 5.41) is 9.21. The first-order valence-electron chi connectivity index (χ1n) is 6.31. The fraction of sp³-hybridized carbons (Fsp3) is 0.538. The summed E-state index contributed by atoms with van der Waals surface area (Å²) in [5.74, 6) is -0.119. The van der Waals surface area contributed by atoms with Crippen LogP contribution in [0.15, 0.2) is 16.8 Å². The molecule has 1 rings (SSSR count). The van der Waals surface area contributed by atoms with E-state index in [0.717, 1.165) is 25.8 Å². The second-order valence-corrected chi connectivity index (χ2v) is 4.86. The van der Waals surface area contributed by atoms with E-state index in [0.29, 0.717) is 18.5 Å². The highest BCUT2D eigenvalue weighted by Gasteiger charge is 2.06. The van der Waals surface area contributed by atoms with Crippen LogP contribution in [0, 0.1) is 0 Å². The van der Waals surface area contributed by atoms with Crippen LogP contribution in [-0.4, -0.2) is 24.9 Å². The number of thiophene rings is 1.